The summed E-state index contributed by atoms with van der Waals surface area (Å²) >= 11 is 0. The number of carbonyl (C=O) groups is 1. The van der Waals surface area contributed by atoms with Crippen LogP contribution in [0.1, 0.15) is 0 Å². The Morgan fingerprint density at radius 3 is 2.56 bits per heavy atom. The molecule has 0 spiro atoms. The van der Waals surface area contributed by atoms with Gasteiger partial charge in [-0.05, 0) is 0 Å². The molecule has 9 heavy (non-hydrogen) atoms. The van der Waals surface area contributed by atoms with Crippen LogP contribution < -0.4 is 0 Å². The molecule has 0 amide bonds. The van der Waals surface area contributed by atoms with Crippen molar-refractivity contribution >= 4 is 35.8 Å². The van der Waals surface area contributed by atoms with E-state index < -0.39 is 0 Å². The number of ether oxygens (including phenoxy) is 2. The first-order valence-electron chi connectivity index (χ1n) is 2.42. The van der Waals surface area contributed by atoms with E-state index in [1.807, 2.05) is 0 Å². The molecule has 0 aliphatic carbocycles. The maximum atomic E-state index is 9.60. The minimum atomic E-state index is 0. The number of aldehydes is 1. The topological polar surface area (TPSA) is 35.5 Å². The van der Waals surface area contributed by atoms with E-state index in [4.69, 9.17) is 4.74 Å². The van der Waals surface area contributed by atoms with E-state index in [2.05, 4.69) is 4.74 Å². The molecule has 0 saturated carbocycles. The molecule has 0 aromatic rings. The van der Waals surface area contributed by atoms with Crippen LogP contribution in [0.25, 0.3) is 0 Å². The van der Waals surface area contributed by atoms with Gasteiger partial charge in [0.05, 0.1) is 13.2 Å². The van der Waals surface area contributed by atoms with Crippen LogP contribution in [0.2, 0.25) is 0 Å². The second kappa shape index (κ2) is 11.4. The molecule has 0 heterocycles. The Kier molecular flexibility index (Phi) is 15.6. The SMILES string of the molecule is COCCOCC=O.[NaH]. The molecule has 4 heteroatoms. The van der Waals surface area contributed by atoms with Crippen LogP contribution in [0, 0.1) is 0 Å². The first-order chi connectivity index (χ1) is 3.91. The van der Waals surface area contributed by atoms with E-state index in [9.17, 15) is 4.79 Å². The molecule has 0 atom stereocenters. The summed E-state index contributed by atoms with van der Waals surface area (Å²) in [5.41, 5.74) is 0. The molecule has 0 fully saturated rings. The zero-order valence-corrected chi connectivity index (χ0v) is 4.92. The van der Waals surface area contributed by atoms with E-state index in [-0.39, 0.29) is 36.2 Å². The van der Waals surface area contributed by atoms with Crippen molar-refractivity contribution in [2.75, 3.05) is 26.9 Å². The number of carbonyl (C=O) groups excluding carboxylic acids is 1. The van der Waals surface area contributed by atoms with Crippen LogP contribution in [0.5, 0.6) is 0 Å². The van der Waals surface area contributed by atoms with Crippen LogP contribution in [-0.4, -0.2) is 62.8 Å². The molecule has 50 valence electrons. The minimum absolute atomic E-state index is 0. The Bertz CT molecular complexity index is 58.2. The number of rotatable bonds is 5. The van der Waals surface area contributed by atoms with E-state index in [1.165, 1.54) is 0 Å². The summed E-state index contributed by atoms with van der Waals surface area (Å²) in [5.74, 6) is 0. The van der Waals surface area contributed by atoms with Gasteiger partial charge in [-0.3, -0.25) is 0 Å². The molecule has 0 unspecified atom stereocenters. The summed E-state index contributed by atoms with van der Waals surface area (Å²) in [4.78, 5) is 9.60. The van der Waals surface area contributed by atoms with Crippen molar-refractivity contribution in [2.24, 2.45) is 0 Å². The second-order valence-corrected chi connectivity index (χ2v) is 1.23. The van der Waals surface area contributed by atoms with Crippen LogP contribution in [0.3, 0.4) is 0 Å². The average molecular weight is 142 g/mol. The van der Waals surface area contributed by atoms with Crippen LogP contribution in [-0.2, 0) is 14.3 Å². The second-order valence-electron chi connectivity index (χ2n) is 1.23. The van der Waals surface area contributed by atoms with Crippen molar-refractivity contribution < 1.29 is 14.3 Å². The molecule has 0 bridgehead atoms. The van der Waals surface area contributed by atoms with E-state index in [0.717, 1.165) is 6.29 Å². The summed E-state index contributed by atoms with van der Waals surface area (Å²) in [7, 11) is 1.59. The van der Waals surface area contributed by atoms with E-state index >= 15 is 0 Å². The molecule has 0 saturated heterocycles. The van der Waals surface area contributed by atoms with Crippen LogP contribution >= 0.6 is 0 Å². The van der Waals surface area contributed by atoms with Gasteiger partial charge in [0.1, 0.15) is 12.9 Å². The number of methoxy groups -OCH3 is 1. The Hall–Kier alpha value is 0.590. The van der Waals surface area contributed by atoms with Crippen LogP contribution in [0.4, 0.5) is 0 Å². The van der Waals surface area contributed by atoms with E-state index in [1.54, 1.807) is 7.11 Å². The Morgan fingerprint density at radius 1 is 1.44 bits per heavy atom. The third-order valence-corrected chi connectivity index (χ3v) is 0.618. The third-order valence-electron chi connectivity index (χ3n) is 0.618. The fourth-order valence-electron chi connectivity index (χ4n) is 0.274. The molecular weight excluding hydrogens is 131 g/mol. The zero-order valence-electron chi connectivity index (χ0n) is 4.92. The Labute approximate surface area is 77.0 Å². The predicted octanol–water partition coefficient (Wildman–Crippen LogP) is -0.800. The molecule has 0 rings (SSSR count). The molecule has 0 aromatic heterocycles. The summed E-state index contributed by atoms with van der Waals surface area (Å²) < 4.78 is 9.38. The van der Waals surface area contributed by atoms with Gasteiger partial charge in [0.2, 0.25) is 0 Å². The number of hydrogen-bond donors (Lipinski definition) is 0. The van der Waals surface area contributed by atoms with Crippen molar-refractivity contribution in [2.45, 2.75) is 0 Å². The maximum absolute atomic E-state index is 9.60. The van der Waals surface area contributed by atoms with Crippen molar-refractivity contribution in [1.82, 2.24) is 0 Å². The molecule has 0 N–H and O–H groups in total. The monoisotopic (exact) mass is 142 g/mol. The Balaban J connectivity index is 0. The van der Waals surface area contributed by atoms with Crippen molar-refractivity contribution in [3.05, 3.63) is 0 Å². The van der Waals surface area contributed by atoms with Gasteiger partial charge in [0.25, 0.3) is 0 Å². The van der Waals surface area contributed by atoms with Gasteiger partial charge in [-0.15, -0.1) is 0 Å². The number of hydrogen-bond acceptors (Lipinski definition) is 3. The first kappa shape index (κ1) is 12.3. The quantitative estimate of drug-likeness (QED) is 0.286. The molecule has 0 aliphatic rings. The summed E-state index contributed by atoms with van der Waals surface area (Å²) in [6.45, 7) is 1.21. The van der Waals surface area contributed by atoms with Gasteiger partial charge in [0, 0.05) is 7.11 Å². The molecule has 0 radical (unpaired) electrons. The average Bonchev–Trinajstić information content (AvgIpc) is 1.81. The van der Waals surface area contributed by atoms with Gasteiger partial charge < -0.3 is 14.3 Å². The van der Waals surface area contributed by atoms with Gasteiger partial charge in [-0.1, -0.05) is 0 Å². The van der Waals surface area contributed by atoms with Crippen molar-refractivity contribution in [3.8, 4) is 0 Å². The first-order valence-corrected chi connectivity index (χ1v) is 2.42. The van der Waals surface area contributed by atoms with Gasteiger partial charge in [-0.25, -0.2) is 0 Å². The van der Waals surface area contributed by atoms with Crippen LogP contribution in [0.15, 0.2) is 0 Å². The molecular formula is C5H11NaO3. The van der Waals surface area contributed by atoms with Gasteiger partial charge in [-0.2, -0.15) is 0 Å². The third kappa shape index (κ3) is 11.9. The van der Waals surface area contributed by atoms with Crippen molar-refractivity contribution in [3.63, 3.8) is 0 Å². The zero-order chi connectivity index (χ0) is 6.24. The normalized spacial score (nSPS) is 8.11. The van der Waals surface area contributed by atoms with Gasteiger partial charge >= 0.3 is 29.6 Å². The fourth-order valence-corrected chi connectivity index (χ4v) is 0.274. The van der Waals surface area contributed by atoms with E-state index in [0.29, 0.717) is 13.2 Å². The summed E-state index contributed by atoms with van der Waals surface area (Å²) in [6.07, 6.45) is 0.718. The molecule has 0 aromatic carbocycles. The Morgan fingerprint density at radius 2 is 2.11 bits per heavy atom. The fraction of sp³-hybridized carbons (Fsp3) is 0.800. The predicted molar refractivity (Wildman–Crippen MR) is 35.9 cm³/mol. The summed E-state index contributed by atoms with van der Waals surface area (Å²) in [5, 5.41) is 0. The standard InChI is InChI=1S/C5H10O3.Na.H/c1-7-4-5-8-3-2-6;;/h2H,3-5H2,1H3;;. The molecule has 0 aliphatic heterocycles. The molecule has 3 nitrogen and oxygen atoms in total. The van der Waals surface area contributed by atoms with Gasteiger partial charge in [0.15, 0.2) is 0 Å². The van der Waals surface area contributed by atoms with Crippen molar-refractivity contribution in [1.29, 1.82) is 0 Å². The summed E-state index contributed by atoms with van der Waals surface area (Å²) in [6, 6.07) is 0.